The molecule has 136 valence electrons. The van der Waals surface area contributed by atoms with Gasteiger partial charge in [-0.3, -0.25) is 14.8 Å². The van der Waals surface area contributed by atoms with Gasteiger partial charge in [0.25, 0.3) is 5.56 Å². The normalized spacial score (nSPS) is 15.9. The van der Waals surface area contributed by atoms with E-state index in [1.165, 1.54) is 7.11 Å². The maximum absolute atomic E-state index is 12.5. The Kier molecular flexibility index (Phi) is 4.41. The van der Waals surface area contributed by atoms with E-state index >= 15 is 0 Å². The number of hydrogen-bond acceptors (Lipinski definition) is 6. The fourth-order valence-corrected chi connectivity index (χ4v) is 3.16. The van der Waals surface area contributed by atoms with Crippen molar-refractivity contribution >= 4 is 17.5 Å². The number of nitrogens with zero attached hydrogens (tertiary/aromatic N) is 1. The Balaban J connectivity index is 2.26. The number of aromatic amines is 2. The molecular formula is C18H20N4O4. The van der Waals surface area contributed by atoms with Crippen LogP contribution in [0, 0.1) is 0 Å². The van der Waals surface area contributed by atoms with Crippen LogP contribution in [0.2, 0.25) is 0 Å². The highest BCUT2D eigenvalue weighted by Gasteiger charge is 2.35. The van der Waals surface area contributed by atoms with Gasteiger partial charge in [-0.2, -0.15) is 0 Å². The van der Waals surface area contributed by atoms with Crippen LogP contribution in [0.5, 0.6) is 0 Å². The van der Waals surface area contributed by atoms with Crippen LogP contribution in [0.4, 0.5) is 11.5 Å². The van der Waals surface area contributed by atoms with E-state index in [-0.39, 0.29) is 11.4 Å². The van der Waals surface area contributed by atoms with E-state index in [9.17, 15) is 14.4 Å². The number of fused-ring (bicyclic) bond motifs is 1. The van der Waals surface area contributed by atoms with Gasteiger partial charge in [0.15, 0.2) is 0 Å². The number of ether oxygens (including phenoxy) is 1. The summed E-state index contributed by atoms with van der Waals surface area (Å²) in [5.41, 5.74) is 1.69. The lowest BCUT2D eigenvalue weighted by molar-refractivity contribution is -0.136. The smallest absolute Gasteiger partial charge is 0.336 e. The third kappa shape index (κ3) is 2.90. The van der Waals surface area contributed by atoms with E-state index in [1.807, 2.05) is 43.3 Å². The number of methoxy groups -OCH3 is 1. The molecular weight excluding hydrogens is 336 g/mol. The summed E-state index contributed by atoms with van der Waals surface area (Å²) in [6.45, 7) is 1.70. The molecule has 0 fully saturated rings. The summed E-state index contributed by atoms with van der Waals surface area (Å²) < 4.78 is 4.92. The first kappa shape index (κ1) is 17.5. The summed E-state index contributed by atoms with van der Waals surface area (Å²) in [4.78, 5) is 43.3. The molecule has 0 saturated heterocycles. The van der Waals surface area contributed by atoms with Crippen molar-refractivity contribution in [2.75, 3.05) is 31.4 Å². The van der Waals surface area contributed by atoms with Crippen LogP contribution in [-0.2, 0) is 9.53 Å². The number of nitrogens with one attached hydrogen (secondary N) is 3. The predicted molar refractivity (Wildman–Crippen MR) is 98.6 cm³/mol. The van der Waals surface area contributed by atoms with Crippen LogP contribution in [0.3, 0.4) is 0 Å². The topological polar surface area (TPSA) is 107 Å². The number of carbonyl (C=O) groups is 1. The van der Waals surface area contributed by atoms with Crippen LogP contribution in [0.15, 0.2) is 45.1 Å². The van der Waals surface area contributed by atoms with Crippen molar-refractivity contribution in [2.45, 2.75) is 12.8 Å². The molecule has 2 aromatic rings. The number of rotatable bonds is 3. The molecule has 0 bridgehead atoms. The van der Waals surface area contributed by atoms with Crippen molar-refractivity contribution in [3.63, 3.8) is 0 Å². The first-order chi connectivity index (χ1) is 12.3. The number of esters is 1. The highest BCUT2D eigenvalue weighted by Crippen LogP contribution is 2.39. The summed E-state index contributed by atoms with van der Waals surface area (Å²) in [6.07, 6.45) is 0. The summed E-state index contributed by atoms with van der Waals surface area (Å²) >= 11 is 0. The van der Waals surface area contributed by atoms with Gasteiger partial charge in [0.2, 0.25) is 0 Å². The molecule has 1 atom stereocenters. The van der Waals surface area contributed by atoms with Gasteiger partial charge in [-0.1, -0.05) is 12.1 Å². The van der Waals surface area contributed by atoms with Gasteiger partial charge in [0, 0.05) is 25.5 Å². The fraction of sp³-hybridized carbons (Fsp3) is 0.278. The molecule has 1 unspecified atom stereocenters. The summed E-state index contributed by atoms with van der Waals surface area (Å²) in [5, 5.41) is 2.93. The Hall–Kier alpha value is -3.29. The summed E-state index contributed by atoms with van der Waals surface area (Å²) in [7, 11) is 5.14. The van der Waals surface area contributed by atoms with Gasteiger partial charge >= 0.3 is 11.7 Å². The SMILES string of the molecule is COC(=O)C1=C(C)Nc2[nH]c(=O)[nH]c(=O)c2C1c1ccc(N(C)C)cc1. The molecule has 1 aromatic heterocycles. The molecule has 8 nitrogen and oxygen atoms in total. The number of benzene rings is 1. The molecule has 0 amide bonds. The molecule has 8 heteroatoms. The largest absolute Gasteiger partial charge is 0.466 e. The van der Waals surface area contributed by atoms with Crippen molar-refractivity contribution in [2.24, 2.45) is 0 Å². The van der Waals surface area contributed by atoms with Crippen molar-refractivity contribution < 1.29 is 9.53 Å². The van der Waals surface area contributed by atoms with Crippen molar-refractivity contribution in [3.05, 3.63) is 67.5 Å². The monoisotopic (exact) mass is 356 g/mol. The zero-order valence-corrected chi connectivity index (χ0v) is 15.0. The third-order valence-corrected chi connectivity index (χ3v) is 4.42. The average molecular weight is 356 g/mol. The molecule has 3 N–H and O–H groups in total. The standard InChI is InChI=1S/C18H20N4O4/c1-9-12(17(24)26-4)13(10-5-7-11(8-6-10)22(2)3)14-15(19-9)20-18(25)21-16(14)23/h5-8,13H,1-4H3,(H3,19,20,21,23,25). The maximum Gasteiger partial charge on any atom is 0.336 e. The number of carbonyl (C=O) groups excluding carboxylic acids is 1. The van der Waals surface area contributed by atoms with Crippen molar-refractivity contribution in [1.29, 1.82) is 0 Å². The molecule has 0 aliphatic carbocycles. The van der Waals surface area contributed by atoms with Crippen LogP contribution in [0.1, 0.15) is 24.0 Å². The van der Waals surface area contributed by atoms with Gasteiger partial charge < -0.3 is 15.0 Å². The summed E-state index contributed by atoms with van der Waals surface area (Å²) in [6, 6.07) is 7.52. The van der Waals surface area contributed by atoms with E-state index in [0.717, 1.165) is 11.3 Å². The Labute approximate surface area is 149 Å². The van der Waals surface area contributed by atoms with Crippen molar-refractivity contribution in [1.82, 2.24) is 9.97 Å². The summed E-state index contributed by atoms with van der Waals surface area (Å²) in [5.74, 6) is -0.908. The van der Waals surface area contributed by atoms with Crippen LogP contribution >= 0.6 is 0 Å². The second-order valence-electron chi connectivity index (χ2n) is 6.27. The second-order valence-corrected chi connectivity index (χ2v) is 6.27. The molecule has 2 heterocycles. The molecule has 1 aliphatic heterocycles. The number of anilines is 2. The van der Waals surface area contributed by atoms with Gasteiger partial charge in [-0.05, 0) is 24.6 Å². The van der Waals surface area contributed by atoms with Crippen molar-refractivity contribution in [3.8, 4) is 0 Å². The fourth-order valence-electron chi connectivity index (χ4n) is 3.16. The Morgan fingerprint density at radius 1 is 1.12 bits per heavy atom. The number of aromatic nitrogens is 2. The van der Waals surface area contributed by atoms with E-state index in [4.69, 9.17) is 4.74 Å². The lowest BCUT2D eigenvalue weighted by Gasteiger charge is -2.28. The first-order valence-electron chi connectivity index (χ1n) is 8.03. The van der Waals surface area contributed by atoms with E-state index < -0.39 is 23.1 Å². The second kappa shape index (κ2) is 6.55. The minimum atomic E-state index is -0.657. The molecule has 26 heavy (non-hydrogen) atoms. The van der Waals surface area contributed by atoms with Gasteiger partial charge in [0.05, 0.1) is 24.2 Å². The highest BCUT2D eigenvalue weighted by atomic mass is 16.5. The molecule has 0 radical (unpaired) electrons. The van der Waals surface area contributed by atoms with Crippen LogP contribution in [-0.4, -0.2) is 37.1 Å². The van der Waals surface area contributed by atoms with Gasteiger partial charge in [-0.25, -0.2) is 9.59 Å². The Morgan fingerprint density at radius 3 is 2.35 bits per heavy atom. The average Bonchev–Trinajstić information content (AvgIpc) is 2.59. The number of allylic oxidation sites excluding steroid dienone is 1. The third-order valence-electron chi connectivity index (χ3n) is 4.42. The minimum absolute atomic E-state index is 0.271. The Morgan fingerprint density at radius 2 is 1.77 bits per heavy atom. The lowest BCUT2D eigenvalue weighted by Crippen LogP contribution is -2.34. The molecule has 1 aliphatic rings. The molecule has 1 aromatic carbocycles. The van der Waals surface area contributed by atoms with E-state index in [1.54, 1.807) is 6.92 Å². The van der Waals surface area contributed by atoms with Gasteiger partial charge in [0.1, 0.15) is 5.82 Å². The predicted octanol–water partition coefficient (Wildman–Crippen LogP) is 1.13. The maximum atomic E-state index is 12.5. The lowest BCUT2D eigenvalue weighted by atomic mass is 9.82. The van der Waals surface area contributed by atoms with Crippen LogP contribution < -0.4 is 21.5 Å². The van der Waals surface area contributed by atoms with E-state index in [2.05, 4.69) is 15.3 Å². The molecule has 0 spiro atoms. The van der Waals surface area contributed by atoms with Crippen LogP contribution in [0.25, 0.3) is 0 Å². The zero-order valence-electron chi connectivity index (χ0n) is 15.0. The first-order valence-corrected chi connectivity index (χ1v) is 8.03. The van der Waals surface area contributed by atoms with E-state index in [0.29, 0.717) is 11.3 Å². The highest BCUT2D eigenvalue weighted by molar-refractivity contribution is 5.94. The number of hydrogen-bond donors (Lipinski definition) is 3. The molecule has 3 rings (SSSR count). The number of H-pyrrole nitrogens is 2. The minimum Gasteiger partial charge on any atom is -0.466 e. The zero-order chi connectivity index (χ0) is 19.0. The van der Waals surface area contributed by atoms with Gasteiger partial charge in [-0.15, -0.1) is 0 Å². The Bertz CT molecular complexity index is 999. The quantitative estimate of drug-likeness (QED) is 0.712. The molecule has 0 saturated carbocycles.